The lowest BCUT2D eigenvalue weighted by Gasteiger charge is -2.07. The van der Waals surface area contributed by atoms with E-state index in [9.17, 15) is 9.59 Å². The van der Waals surface area contributed by atoms with Gasteiger partial charge in [0, 0.05) is 23.1 Å². The molecule has 4 rings (SSSR count). The van der Waals surface area contributed by atoms with E-state index in [1.807, 2.05) is 42.5 Å². The van der Waals surface area contributed by atoms with Crippen molar-refractivity contribution in [1.82, 2.24) is 0 Å². The quantitative estimate of drug-likeness (QED) is 0.466. The summed E-state index contributed by atoms with van der Waals surface area (Å²) in [6, 6.07) is 24.2. The minimum Gasteiger partial charge on any atom is -0.463 e. The molecule has 3 aromatic carbocycles. The van der Waals surface area contributed by atoms with Crippen LogP contribution in [-0.2, 0) is 4.79 Å². The molecular formula is C24H18N2O3. The number of carbonyl (C=O) groups excluding carboxylic acids is 1. The minimum atomic E-state index is -0.332. The second-order valence-electron chi connectivity index (χ2n) is 6.41. The molecule has 0 saturated carbocycles. The van der Waals surface area contributed by atoms with Gasteiger partial charge in [-0.15, -0.1) is 0 Å². The van der Waals surface area contributed by atoms with Crippen LogP contribution in [0, 0.1) is 0 Å². The zero-order valence-electron chi connectivity index (χ0n) is 15.5. The van der Waals surface area contributed by atoms with Crippen LogP contribution in [0.3, 0.4) is 0 Å². The van der Waals surface area contributed by atoms with Crippen LogP contribution in [0.4, 0.5) is 17.1 Å². The van der Waals surface area contributed by atoms with Gasteiger partial charge in [-0.05, 0) is 54.6 Å². The number of anilines is 3. The highest BCUT2D eigenvalue weighted by atomic mass is 16.3. The summed E-state index contributed by atoms with van der Waals surface area (Å²) in [4.78, 5) is 24.6. The molecule has 0 aliphatic rings. The number of para-hydroxylation sites is 2. The molecule has 5 nitrogen and oxygen atoms in total. The van der Waals surface area contributed by atoms with Crippen molar-refractivity contribution in [2.75, 3.05) is 10.6 Å². The maximum atomic E-state index is 12.4. The van der Waals surface area contributed by atoms with Gasteiger partial charge in [-0.1, -0.05) is 30.3 Å². The molecule has 0 radical (unpaired) electrons. The maximum absolute atomic E-state index is 12.4. The lowest BCUT2D eigenvalue weighted by atomic mass is 10.1. The Morgan fingerprint density at radius 1 is 0.793 bits per heavy atom. The first kappa shape index (κ1) is 18.3. The van der Waals surface area contributed by atoms with E-state index in [0.717, 1.165) is 11.4 Å². The zero-order chi connectivity index (χ0) is 20.1. The van der Waals surface area contributed by atoms with Crippen LogP contribution >= 0.6 is 0 Å². The van der Waals surface area contributed by atoms with Crippen molar-refractivity contribution in [1.29, 1.82) is 0 Å². The van der Waals surface area contributed by atoms with Crippen LogP contribution in [0.5, 0.6) is 0 Å². The number of benzene rings is 3. The Kier molecular flexibility index (Phi) is 5.21. The van der Waals surface area contributed by atoms with Gasteiger partial charge in [0.15, 0.2) is 5.43 Å². The molecule has 0 unspecified atom stereocenters. The smallest absolute Gasteiger partial charge is 0.248 e. The van der Waals surface area contributed by atoms with Gasteiger partial charge >= 0.3 is 0 Å². The van der Waals surface area contributed by atoms with Crippen LogP contribution in [0.25, 0.3) is 17.0 Å². The largest absolute Gasteiger partial charge is 0.463 e. The number of rotatable bonds is 5. The summed E-state index contributed by atoms with van der Waals surface area (Å²) in [5.41, 5.74) is 3.22. The van der Waals surface area contributed by atoms with Gasteiger partial charge in [0.05, 0.1) is 10.9 Å². The van der Waals surface area contributed by atoms with E-state index < -0.39 is 0 Å². The Bertz CT molecular complexity index is 1230. The van der Waals surface area contributed by atoms with Crippen molar-refractivity contribution in [3.8, 4) is 0 Å². The van der Waals surface area contributed by atoms with Gasteiger partial charge in [0.25, 0.3) is 0 Å². The highest BCUT2D eigenvalue weighted by Gasteiger charge is 2.05. The van der Waals surface area contributed by atoms with Crippen LogP contribution in [0.1, 0.15) is 5.56 Å². The molecule has 4 aromatic rings. The molecule has 1 aromatic heterocycles. The molecule has 0 bridgehead atoms. The first-order chi connectivity index (χ1) is 14.2. The molecule has 5 heteroatoms. The van der Waals surface area contributed by atoms with Crippen LogP contribution in [-0.4, -0.2) is 5.91 Å². The Hall–Kier alpha value is -4.12. The Balaban J connectivity index is 1.42. The zero-order valence-corrected chi connectivity index (χ0v) is 15.5. The number of fused-ring (bicyclic) bond motifs is 1. The predicted octanol–water partition coefficient (Wildman–Crippen LogP) is 5.19. The van der Waals surface area contributed by atoms with Crippen LogP contribution < -0.4 is 16.1 Å². The third-order valence-corrected chi connectivity index (χ3v) is 4.34. The van der Waals surface area contributed by atoms with Gasteiger partial charge in [0.2, 0.25) is 5.91 Å². The molecule has 29 heavy (non-hydrogen) atoms. The summed E-state index contributed by atoms with van der Waals surface area (Å²) < 4.78 is 5.45. The molecule has 0 atom stereocenters. The Morgan fingerprint density at radius 3 is 2.24 bits per heavy atom. The van der Waals surface area contributed by atoms with Gasteiger partial charge < -0.3 is 15.1 Å². The normalized spacial score (nSPS) is 10.9. The van der Waals surface area contributed by atoms with Crippen molar-refractivity contribution in [2.45, 2.75) is 0 Å². The molecule has 2 N–H and O–H groups in total. The second-order valence-corrected chi connectivity index (χ2v) is 6.41. The van der Waals surface area contributed by atoms with Gasteiger partial charge in [-0.25, -0.2) is 0 Å². The standard InChI is InChI=1S/C24H18N2O3/c27-23(15-10-17-16-29-22-9-5-4-8-21(22)24(17)28)26-20-13-11-19(12-14-20)25-18-6-2-1-3-7-18/h1-16,25H,(H,26,27)/b15-10+. The number of amides is 1. The molecule has 0 fully saturated rings. The molecule has 1 amide bonds. The van der Waals surface area contributed by atoms with E-state index in [0.29, 0.717) is 22.2 Å². The van der Waals surface area contributed by atoms with Gasteiger partial charge in [-0.2, -0.15) is 0 Å². The predicted molar refractivity (Wildman–Crippen MR) is 116 cm³/mol. The molecule has 0 spiro atoms. The van der Waals surface area contributed by atoms with E-state index in [2.05, 4.69) is 10.6 Å². The highest BCUT2D eigenvalue weighted by Crippen LogP contribution is 2.18. The van der Waals surface area contributed by atoms with Crippen LogP contribution in [0.2, 0.25) is 0 Å². The second kappa shape index (κ2) is 8.27. The average molecular weight is 382 g/mol. The van der Waals surface area contributed by atoms with Crippen molar-refractivity contribution in [2.24, 2.45) is 0 Å². The maximum Gasteiger partial charge on any atom is 0.248 e. The van der Waals surface area contributed by atoms with E-state index in [1.54, 1.807) is 36.4 Å². The summed E-state index contributed by atoms with van der Waals surface area (Å²) in [5.74, 6) is -0.332. The lowest BCUT2D eigenvalue weighted by molar-refractivity contribution is -0.111. The monoisotopic (exact) mass is 382 g/mol. The van der Waals surface area contributed by atoms with Gasteiger partial charge in [-0.3, -0.25) is 9.59 Å². The summed E-state index contributed by atoms with van der Waals surface area (Å²) >= 11 is 0. The first-order valence-corrected chi connectivity index (χ1v) is 9.11. The fourth-order valence-corrected chi connectivity index (χ4v) is 2.88. The van der Waals surface area contributed by atoms with E-state index in [-0.39, 0.29) is 11.3 Å². The molecule has 0 saturated heterocycles. The van der Waals surface area contributed by atoms with E-state index in [4.69, 9.17) is 4.42 Å². The summed E-state index contributed by atoms with van der Waals surface area (Å²) in [6.07, 6.45) is 4.13. The van der Waals surface area contributed by atoms with Gasteiger partial charge in [0.1, 0.15) is 11.8 Å². The number of hydrogen-bond donors (Lipinski definition) is 2. The SMILES string of the molecule is O=C(/C=C/c1coc2ccccc2c1=O)Nc1ccc(Nc2ccccc2)cc1. The summed E-state index contributed by atoms with van der Waals surface area (Å²) in [5, 5.41) is 6.54. The highest BCUT2D eigenvalue weighted by molar-refractivity contribution is 6.02. The van der Waals surface area contributed by atoms with E-state index >= 15 is 0 Å². The third kappa shape index (κ3) is 4.42. The summed E-state index contributed by atoms with van der Waals surface area (Å²) in [7, 11) is 0. The lowest BCUT2D eigenvalue weighted by Crippen LogP contribution is -2.09. The molecule has 0 aliphatic carbocycles. The fourth-order valence-electron chi connectivity index (χ4n) is 2.88. The average Bonchev–Trinajstić information content (AvgIpc) is 2.76. The van der Waals surface area contributed by atoms with Crippen molar-refractivity contribution < 1.29 is 9.21 Å². The summed E-state index contributed by atoms with van der Waals surface area (Å²) in [6.45, 7) is 0. The fraction of sp³-hybridized carbons (Fsp3) is 0. The molecule has 142 valence electrons. The number of nitrogens with one attached hydrogen (secondary N) is 2. The first-order valence-electron chi connectivity index (χ1n) is 9.11. The van der Waals surface area contributed by atoms with Crippen LogP contribution in [0.15, 0.2) is 100 Å². The molecule has 0 aliphatic heterocycles. The Labute approximate surface area is 167 Å². The Morgan fingerprint density at radius 2 is 1.45 bits per heavy atom. The van der Waals surface area contributed by atoms with Crippen molar-refractivity contribution in [3.05, 3.63) is 107 Å². The molecule has 1 heterocycles. The topological polar surface area (TPSA) is 71.3 Å². The van der Waals surface area contributed by atoms with Crippen molar-refractivity contribution >= 4 is 40.0 Å². The van der Waals surface area contributed by atoms with E-state index in [1.165, 1.54) is 18.4 Å². The number of carbonyl (C=O) groups is 1. The third-order valence-electron chi connectivity index (χ3n) is 4.34. The van der Waals surface area contributed by atoms with Crippen molar-refractivity contribution in [3.63, 3.8) is 0 Å². The number of hydrogen-bond acceptors (Lipinski definition) is 4. The minimum absolute atomic E-state index is 0.174. The molecular weight excluding hydrogens is 364 g/mol.